The minimum absolute atomic E-state index is 0.126. The van der Waals surface area contributed by atoms with Crippen molar-refractivity contribution in [1.29, 1.82) is 0 Å². The van der Waals surface area contributed by atoms with Crippen molar-refractivity contribution in [2.24, 2.45) is 0 Å². The van der Waals surface area contributed by atoms with E-state index in [1.807, 2.05) is 0 Å². The van der Waals surface area contributed by atoms with Crippen molar-refractivity contribution in [3.8, 4) is 17.2 Å². The van der Waals surface area contributed by atoms with E-state index in [-0.39, 0.29) is 6.61 Å². The summed E-state index contributed by atoms with van der Waals surface area (Å²) >= 11 is 6.12. The molecule has 1 aliphatic carbocycles. The van der Waals surface area contributed by atoms with E-state index in [0.717, 1.165) is 18.5 Å². The Bertz CT molecular complexity index is 668. The fourth-order valence-electron chi connectivity index (χ4n) is 2.39. The Morgan fingerprint density at radius 1 is 1.29 bits per heavy atom. The molecule has 6 nitrogen and oxygen atoms in total. The van der Waals surface area contributed by atoms with Crippen LogP contribution in [0.15, 0.2) is 12.1 Å². The number of hydrogen-bond donors (Lipinski definition) is 1. The highest BCUT2D eigenvalue weighted by Crippen LogP contribution is 2.43. The highest BCUT2D eigenvalue weighted by molar-refractivity contribution is 6.32. The van der Waals surface area contributed by atoms with Gasteiger partial charge in [0, 0.05) is 18.1 Å². The molecule has 1 heterocycles. The Hall–Kier alpha value is -1.79. The lowest BCUT2D eigenvalue weighted by Crippen LogP contribution is -2.05. The molecule has 2 aromatic rings. The third-order valence-electron chi connectivity index (χ3n) is 3.57. The van der Waals surface area contributed by atoms with Gasteiger partial charge < -0.3 is 14.6 Å². The number of rotatable bonds is 5. The molecule has 1 aromatic carbocycles. The lowest BCUT2D eigenvalue weighted by atomic mass is 10.2. The Balaban J connectivity index is 2.17. The largest absolute Gasteiger partial charge is 0.495 e. The van der Waals surface area contributed by atoms with Gasteiger partial charge in [-0.2, -0.15) is 0 Å². The fourth-order valence-corrected chi connectivity index (χ4v) is 2.62. The summed E-state index contributed by atoms with van der Waals surface area (Å²) in [6, 6.07) is 3.45. The standard InChI is InChI=1S/C14H16ClN3O3/c1-20-12-6-11(13(21-2)5-9(12)15)18-14(8-3-4-8)10(7-19)16-17-18/h5-6,8,19H,3-4,7H2,1-2H3. The van der Waals surface area contributed by atoms with Gasteiger partial charge in [-0.3, -0.25) is 0 Å². The first-order valence-corrected chi connectivity index (χ1v) is 7.04. The zero-order valence-corrected chi connectivity index (χ0v) is 12.6. The van der Waals surface area contributed by atoms with Gasteiger partial charge >= 0.3 is 0 Å². The molecule has 0 spiro atoms. The Kier molecular flexibility index (Phi) is 3.73. The number of aliphatic hydroxyl groups is 1. The van der Waals surface area contributed by atoms with Crippen LogP contribution in [0.3, 0.4) is 0 Å². The van der Waals surface area contributed by atoms with Crippen molar-refractivity contribution in [2.75, 3.05) is 14.2 Å². The molecular weight excluding hydrogens is 294 g/mol. The number of methoxy groups -OCH3 is 2. The van der Waals surface area contributed by atoms with Crippen LogP contribution in [0.4, 0.5) is 0 Å². The lowest BCUT2D eigenvalue weighted by molar-refractivity contribution is 0.275. The molecule has 112 valence electrons. The highest BCUT2D eigenvalue weighted by atomic mass is 35.5. The number of hydrogen-bond acceptors (Lipinski definition) is 5. The Labute approximate surface area is 127 Å². The molecule has 0 aliphatic heterocycles. The molecule has 0 atom stereocenters. The van der Waals surface area contributed by atoms with Gasteiger partial charge in [0.05, 0.1) is 31.5 Å². The van der Waals surface area contributed by atoms with Crippen molar-refractivity contribution in [2.45, 2.75) is 25.4 Å². The molecule has 21 heavy (non-hydrogen) atoms. The average molecular weight is 310 g/mol. The summed E-state index contributed by atoms with van der Waals surface area (Å²) in [5, 5.41) is 18.1. The van der Waals surface area contributed by atoms with Crippen LogP contribution in [0, 0.1) is 0 Å². The summed E-state index contributed by atoms with van der Waals surface area (Å²) in [7, 11) is 3.13. The van der Waals surface area contributed by atoms with Crippen LogP contribution >= 0.6 is 11.6 Å². The van der Waals surface area contributed by atoms with Crippen LogP contribution < -0.4 is 9.47 Å². The van der Waals surface area contributed by atoms with Crippen molar-refractivity contribution in [3.05, 3.63) is 28.5 Å². The van der Waals surface area contributed by atoms with Gasteiger partial charge in [-0.15, -0.1) is 5.10 Å². The van der Waals surface area contributed by atoms with E-state index in [9.17, 15) is 5.11 Å². The van der Waals surface area contributed by atoms with Crippen molar-refractivity contribution in [3.63, 3.8) is 0 Å². The smallest absolute Gasteiger partial charge is 0.146 e. The molecule has 0 saturated heterocycles. The quantitative estimate of drug-likeness (QED) is 0.918. The number of aromatic nitrogens is 3. The molecule has 1 N–H and O–H groups in total. The van der Waals surface area contributed by atoms with E-state index in [0.29, 0.717) is 33.8 Å². The molecule has 0 unspecified atom stereocenters. The second-order valence-corrected chi connectivity index (χ2v) is 5.33. The summed E-state index contributed by atoms with van der Waals surface area (Å²) in [6.07, 6.45) is 2.15. The summed E-state index contributed by atoms with van der Waals surface area (Å²) in [5.41, 5.74) is 2.24. The fraction of sp³-hybridized carbons (Fsp3) is 0.429. The van der Waals surface area contributed by atoms with Crippen LogP contribution in [-0.2, 0) is 6.61 Å². The molecule has 1 aliphatic rings. The number of halogens is 1. The second kappa shape index (κ2) is 5.54. The minimum atomic E-state index is -0.126. The first-order chi connectivity index (χ1) is 10.2. The van der Waals surface area contributed by atoms with E-state index in [1.165, 1.54) is 0 Å². The normalized spacial score (nSPS) is 14.3. The maximum atomic E-state index is 9.43. The maximum absolute atomic E-state index is 9.43. The maximum Gasteiger partial charge on any atom is 0.146 e. The number of benzene rings is 1. The van der Waals surface area contributed by atoms with Crippen LogP contribution in [-0.4, -0.2) is 34.3 Å². The van der Waals surface area contributed by atoms with Crippen LogP contribution in [0.25, 0.3) is 5.69 Å². The number of ether oxygens (including phenoxy) is 2. The molecule has 1 fully saturated rings. The second-order valence-electron chi connectivity index (χ2n) is 4.92. The first-order valence-electron chi connectivity index (χ1n) is 6.66. The molecule has 1 saturated carbocycles. The predicted molar refractivity (Wildman–Crippen MR) is 77.4 cm³/mol. The van der Waals surface area contributed by atoms with Gasteiger partial charge in [0.2, 0.25) is 0 Å². The SMILES string of the molecule is COc1cc(-n2nnc(CO)c2C2CC2)c(OC)cc1Cl. The summed E-state index contributed by atoms with van der Waals surface area (Å²) in [4.78, 5) is 0. The Morgan fingerprint density at radius 2 is 2.00 bits per heavy atom. The third-order valence-corrected chi connectivity index (χ3v) is 3.87. The molecule has 0 radical (unpaired) electrons. The van der Waals surface area contributed by atoms with E-state index in [2.05, 4.69) is 10.3 Å². The summed E-state index contributed by atoms with van der Waals surface area (Å²) in [5.74, 6) is 1.50. The molecule has 3 rings (SSSR count). The predicted octanol–water partition coefficient (Wildman–Crippen LogP) is 2.31. The van der Waals surface area contributed by atoms with Crippen LogP contribution in [0.1, 0.15) is 30.1 Å². The van der Waals surface area contributed by atoms with Gasteiger partial charge in [-0.25, -0.2) is 4.68 Å². The number of nitrogens with zero attached hydrogens (tertiary/aromatic N) is 3. The molecule has 1 aromatic heterocycles. The molecule has 0 bridgehead atoms. The molecular formula is C14H16ClN3O3. The number of aliphatic hydroxyl groups excluding tert-OH is 1. The van der Waals surface area contributed by atoms with E-state index < -0.39 is 0 Å². The van der Waals surface area contributed by atoms with Gasteiger partial charge in [0.15, 0.2) is 0 Å². The topological polar surface area (TPSA) is 69.4 Å². The third kappa shape index (κ3) is 2.45. The van der Waals surface area contributed by atoms with Gasteiger partial charge in [0.1, 0.15) is 22.9 Å². The van der Waals surface area contributed by atoms with Gasteiger partial charge in [-0.05, 0) is 12.8 Å². The van der Waals surface area contributed by atoms with Crippen molar-refractivity contribution in [1.82, 2.24) is 15.0 Å². The zero-order valence-electron chi connectivity index (χ0n) is 11.8. The van der Waals surface area contributed by atoms with Crippen LogP contribution in [0.5, 0.6) is 11.5 Å². The van der Waals surface area contributed by atoms with Gasteiger partial charge in [0.25, 0.3) is 0 Å². The highest BCUT2D eigenvalue weighted by Gasteiger charge is 2.32. The molecule has 7 heteroatoms. The lowest BCUT2D eigenvalue weighted by Gasteiger charge is -2.13. The van der Waals surface area contributed by atoms with Crippen molar-refractivity contribution >= 4 is 11.6 Å². The first kappa shape index (κ1) is 14.2. The van der Waals surface area contributed by atoms with E-state index >= 15 is 0 Å². The molecule has 0 amide bonds. The summed E-state index contributed by atoms with van der Waals surface area (Å²) < 4.78 is 12.4. The van der Waals surface area contributed by atoms with E-state index in [4.69, 9.17) is 21.1 Å². The monoisotopic (exact) mass is 309 g/mol. The average Bonchev–Trinajstić information content (AvgIpc) is 3.26. The van der Waals surface area contributed by atoms with Gasteiger partial charge in [-0.1, -0.05) is 16.8 Å². The van der Waals surface area contributed by atoms with E-state index in [1.54, 1.807) is 31.0 Å². The zero-order chi connectivity index (χ0) is 15.0. The van der Waals surface area contributed by atoms with Crippen LogP contribution in [0.2, 0.25) is 5.02 Å². The van der Waals surface area contributed by atoms with Crippen molar-refractivity contribution < 1.29 is 14.6 Å². The summed E-state index contributed by atoms with van der Waals surface area (Å²) in [6.45, 7) is -0.126. The Morgan fingerprint density at radius 3 is 2.57 bits per heavy atom. The minimum Gasteiger partial charge on any atom is -0.495 e.